The van der Waals surface area contributed by atoms with Crippen LogP contribution in [0.25, 0.3) is 0 Å². The summed E-state index contributed by atoms with van der Waals surface area (Å²) in [6.07, 6.45) is 3.76. The van der Waals surface area contributed by atoms with E-state index in [1.807, 2.05) is 6.07 Å². The van der Waals surface area contributed by atoms with E-state index in [2.05, 4.69) is 19.2 Å². The molecule has 0 unspecified atom stereocenters. The highest BCUT2D eigenvalue weighted by molar-refractivity contribution is 6.04. The minimum Gasteiger partial charge on any atom is -0.491 e. The lowest BCUT2D eigenvalue weighted by Crippen LogP contribution is -2.16. The van der Waals surface area contributed by atoms with Crippen LogP contribution in [-0.4, -0.2) is 24.9 Å². The molecule has 0 bridgehead atoms. The summed E-state index contributed by atoms with van der Waals surface area (Å²) in [6, 6.07) is 5.43. The van der Waals surface area contributed by atoms with Crippen molar-refractivity contribution in [1.29, 1.82) is 0 Å². The van der Waals surface area contributed by atoms with E-state index >= 15 is 0 Å². The van der Waals surface area contributed by atoms with E-state index in [1.54, 1.807) is 12.1 Å². The summed E-state index contributed by atoms with van der Waals surface area (Å²) < 4.78 is 11.5. The van der Waals surface area contributed by atoms with Gasteiger partial charge in [-0.2, -0.15) is 0 Å². The van der Waals surface area contributed by atoms with Crippen molar-refractivity contribution in [1.82, 2.24) is 0 Å². The van der Waals surface area contributed by atoms with Crippen LogP contribution in [0, 0.1) is 0 Å². The molecule has 5 heteroatoms. The zero-order valence-electron chi connectivity index (χ0n) is 14.3. The maximum Gasteiger partial charge on any atom is 0.232 e. The first-order valence-electron chi connectivity index (χ1n) is 8.26. The third-order valence-electron chi connectivity index (χ3n) is 3.17. The van der Waals surface area contributed by atoms with Gasteiger partial charge in [0.15, 0.2) is 0 Å². The first kappa shape index (κ1) is 19.0. The number of anilines is 1. The number of ketones is 1. The normalized spacial score (nSPS) is 10.2. The Kier molecular flexibility index (Phi) is 8.80. The van der Waals surface area contributed by atoms with Crippen LogP contribution < -0.4 is 14.8 Å². The van der Waals surface area contributed by atoms with E-state index in [0.29, 0.717) is 30.4 Å². The van der Waals surface area contributed by atoms with Gasteiger partial charge >= 0.3 is 0 Å². The maximum absolute atomic E-state index is 11.9. The van der Waals surface area contributed by atoms with Crippen molar-refractivity contribution in [2.24, 2.45) is 0 Å². The lowest BCUT2D eigenvalue weighted by molar-refractivity contribution is -0.124. The molecule has 0 aliphatic heterocycles. The van der Waals surface area contributed by atoms with Gasteiger partial charge in [-0.05, 0) is 31.9 Å². The van der Waals surface area contributed by atoms with Gasteiger partial charge in [0.2, 0.25) is 5.91 Å². The Morgan fingerprint density at radius 1 is 1.00 bits per heavy atom. The number of unbranched alkanes of at least 4 members (excludes halogenated alkanes) is 2. The molecule has 0 heterocycles. The lowest BCUT2D eigenvalue weighted by atomic mass is 10.2. The SMILES string of the molecule is CCCCOc1cccc(OCCCC)c1NC(=O)CC(C)=O. The summed E-state index contributed by atoms with van der Waals surface area (Å²) in [5.74, 6) is 0.610. The van der Waals surface area contributed by atoms with Crippen molar-refractivity contribution in [2.45, 2.75) is 52.9 Å². The zero-order chi connectivity index (χ0) is 17.1. The molecule has 0 aliphatic carbocycles. The minimum atomic E-state index is -0.357. The van der Waals surface area contributed by atoms with Crippen LogP contribution in [0.15, 0.2) is 18.2 Å². The Labute approximate surface area is 138 Å². The Morgan fingerprint density at radius 2 is 1.52 bits per heavy atom. The molecule has 5 nitrogen and oxygen atoms in total. The predicted molar refractivity (Wildman–Crippen MR) is 91.2 cm³/mol. The second-order valence-electron chi connectivity index (χ2n) is 5.46. The highest BCUT2D eigenvalue weighted by Crippen LogP contribution is 2.35. The molecule has 0 aromatic heterocycles. The molecule has 0 fully saturated rings. The van der Waals surface area contributed by atoms with Crippen molar-refractivity contribution in [3.05, 3.63) is 18.2 Å². The van der Waals surface area contributed by atoms with Crippen LogP contribution >= 0.6 is 0 Å². The molecule has 23 heavy (non-hydrogen) atoms. The van der Waals surface area contributed by atoms with Crippen molar-refractivity contribution >= 4 is 17.4 Å². The molecule has 0 saturated carbocycles. The average Bonchev–Trinajstić information content (AvgIpc) is 2.49. The van der Waals surface area contributed by atoms with E-state index in [1.165, 1.54) is 6.92 Å². The molecule has 0 spiro atoms. The first-order chi connectivity index (χ1) is 11.1. The molecule has 0 saturated heterocycles. The molecular weight excluding hydrogens is 294 g/mol. The second-order valence-corrected chi connectivity index (χ2v) is 5.46. The standard InChI is InChI=1S/C18H27NO4/c1-4-6-11-22-15-9-8-10-16(23-12-7-5-2)18(15)19-17(21)13-14(3)20/h8-10H,4-7,11-13H2,1-3H3,(H,19,21). The summed E-state index contributed by atoms with van der Waals surface area (Å²) in [5.41, 5.74) is 0.506. The van der Waals surface area contributed by atoms with Gasteiger partial charge in [-0.3, -0.25) is 9.59 Å². The molecule has 0 atom stereocenters. The number of rotatable bonds is 11. The van der Waals surface area contributed by atoms with Crippen LogP contribution in [0.1, 0.15) is 52.9 Å². The predicted octanol–water partition coefficient (Wildman–Crippen LogP) is 3.96. The van der Waals surface area contributed by atoms with Crippen molar-refractivity contribution in [2.75, 3.05) is 18.5 Å². The number of carbonyl (C=O) groups is 2. The van der Waals surface area contributed by atoms with Gasteiger partial charge in [-0.1, -0.05) is 32.8 Å². The molecule has 0 radical (unpaired) electrons. The van der Waals surface area contributed by atoms with Gasteiger partial charge in [0.1, 0.15) is 23.0 Å². The maximum atomic E-state index is 11.9. The van der Waals surface area contributed by atoms with E-state index in [0.717, 1.165) is 25.7 Å². The van der Waals surface area contributed by atoms with E-state index in [9.17, 15) is 9.59 Å². The highest BCUT2D eigenvalue weighted by atomic mass is 16.5. The van der Waals surface area contributed by atoms with Gasteiger partial charge in [-0.25, -0.2) is 0 Å². The number of hydrogen-bond acceptors (Lipinski definition) is 4. The Hall–Kier alpha value is -2.04. The van der Waals surface area contributed by atoms with Gasteiger partial charge in [0.05, 0.1) is 19.6 Å². The Bertz CT molecular complexity index is 485. The molecule has 128 valence electrons. The van der Waals surface area contributed by atoms with E-state index < -0.39 is 0 Å². The minimum absolute atomic E-state index is 0.155. The fourth-order valence-corrected chi connectivity index (χ4v) is 1.94. The summed E-state index contributed by atoms with van der Waals surface area (Å²) in [6.45, 7) is 6.71. The number of amides is 1. The summed E-state index contributed by atoms with van der Waals surface area (Å²) >= 11 is 0. The van der Waals surface area contributed by atoms with Gasteiger partial charge in [0, 0.05) is 0 Å². The summed E-state index contributed by atoms with van der Waals surface area (Å²) in [4.78, 5) is 23.1. The molecule has 1 aromatic rings. The Morgan fingerprint density at radius 3 is 1.96 bits per heavy atom. The quantitative estimate of drug-likeness (QED) is 0.495. The fraction of sp³-hybridized carbons (Fsp3) is 0.556. The third-order valence-corrected chi connectivity index (χ3v) is 3.17. The van der Waals surface area contributed by atoms with E-state index in [4.69, 9.17) is 9.47 Å². The number of ether oxygens (including phenoxy) is 2. The first-order valence-corrected chi connectivity index (χ1v) is 8.26. The summed E-state index contributed by atoms with van der Waals surface area (Å²) in [5, 5.41) is 2.75. The third kappa shape index (κ3) is 7.17. The monoisotopic (exact) mass is 321 g/mol. The molecular formula is C18H27NO4. The van der Waals surface area contributed by atoms with Gasteiger partial charge in [0.25, 0.3) is 0 Å². The zero-order valence-corrected chi connectivity index (χ0v) is 14.3. The number of benzene rings is 1. The van der Waals surface area contributed by atoms with Crippen LogP contribution in [0.3, 0.4) is 0 Å². The van der Waals surface area contributed by atoms with Gasteiger partial charge in [-0.15, -0.1) is 0 Å². The number of Topliss-reactive ketones (excluding diaryl/α,β-unsaturated/α-hetero) is 1. The van der Waals surface area contributed by atoms with Crippen molar-refractivity contribution in [3.63, 3.8) is 0 Å². The highest BCUT2D eigenvalue weighted by Gasteiger charge is 2.15. The number of nitrogens with one attached hydrogen (secondary N) is 1. The van der Waals surface area contributed by atoms with Crippen LogP contribution in [0.2, 0.25) is 0 Å². The van der Waals surface area contributed by atoms with Crippen LogP contribution in [0.5, 0.6) is 11.5 Å². The molecule has 0 aliphatic rings. The molecule has 1 aromatic carbocycles. The topological polar surface area (TPSA) is 64.6 Å². The number of para-hydroxylation sites is 1. The smallest absolute Gasteiger partial charge is 0.232 e. The lowest BCUT2D eigenvalue weighted by Gasteiger charge is -2.16. The van der Waals surface area contributed by atoms with Crippen LogP contribution in [-0.2, 0) is 9.59 Å². The van der Waals surface area contributed by atoms with Crippen LogP contribution in [0.4, 0.5) is 5.69 Å². The van der Waals surface area contributed by atoms with E-state index in [-0.39, 0.29) is 18.1 Å². The largest absolute Gasteiger partial charge is 0.491 e. The molecule has 1 rings (SSSR count). The fourth-order valence-electron chi connectivity index (χ4n) is 1.94. The van der Waals surface area contributed by atoms with Crippen molar-refractivity contribution < 1.29 is 19.1 Å². The Balaban J connectivity index is 2.91. The number of hydrogen-bond donors (Lipinski definition) is 1. The molecule has 1 amide bonds. The van der Waals surface area contributed by atoms with Crippen molar-refractivity contribution in [3.8, 4) is 11.5 Å². The summed E-state index contributed by atoms with van der Waals surface area (Å²) in [7, 11) is 0. The second kappa shape index (κ2) is 10.6. The van der Waals surface area contributed by atoms with Gasteiger partial charge < -0.3 is 14.8 Å². The number of carbonyl (C=O) groups excluding carboxylic acids is 2. The average molecular weight is 321 g/mol. The molecule has 1 N–H and O–H groups in total.